The summed E-state index contributed by atoms with van der Waals surface area (Å²) in [5.74, 6) is -0.0511. The first-order chi connectivity index (χ1) is 7.79. The zero-order chi connectivity index (χ0) is 13.1. The van der Waals surface area contributed by atoms with Gasteiger partial charge in [0.2, 0.25) is 0 Å². The number of sulfonamides is 1. The molecule has 9 heteroatoms. The van der Waals surface area contributed by atoms with Crippen molar-refractivity contribution in [1.29, 1.82) is 0 Å². The van der Waals surface area contributed by atoms with Crippen molar-refractivity contribution < 1.29 is 13.6 Å². The molecule has 0 spiro atoms. The summed E-state index contributed by atoms with van der Waals surface area (Å²) in [6.45, 7) is 3.30. The van der Waals surface area contributed by atoms with Crippen LogP contribution in [0, 0.1) is 5.41 Å². The van der Waals surface area contributed by atoms with Crippen molar-refractivity contribution in [2.24, 2.45) is 16.3 Å². The summed E-state index contributed by atoms with van der Waals surface area (Å²) in [6, 6.07) is 1.33. The van der Waals surface area contributed by atoms with E-state index in [2.05, 4.69) is 20.1 Å². The van der Waals surface area contributed by atoms with Gasteiger partial charge in [-0.1, -0.05) is 19.0 Å². The number of nitrogens with one attached hydrogen (secondary N) is 2. The van der Waals surface area contributed by atoms with E-state index < -0.39 is 15.4 Å². The van der Waals surface area contributed by atoms with Gasteiger partial charge in [0.05, 0.1) is 6.20 Å². The molecule has 5 N–H and O–H groups in total. The number of aromatic amines is 1. The Morgan fingerprint density at radius 2 is 2.35 bits per heavy atom. The maximum Gasteiger partial charge on any atom is 0.257 e. The van der Waals surface area contributed by atoms with Gasteiger partial charge < -0.3 is 10.9 Å². The molecule has 1 heterocycles. The van der Waals surface area contributed by atoms with Crippen LogP contribution < -0.4 is 10.5 Å². The summed E-state index contributed by atoms with van der Waals surface area (Å²) < 4.78 is 25.8. The third kappa shape index (κ3) is 3.17. The Balaban J connectivity index is 2.76. The highest BCUT2D eigenvalue weighted by Crippen LogP contribution is 2.15. The fourth-order valence-corrected chi connectivity index (χ4v) is 2.09. The number of nitrogens with zero attached hydrogens (tertiary/aromatic N) is 2. The molecule has 0 aliphatic rings. The zero-order valence-electron chi connectivity index (χ0n) is 9.51. The number of hydrogen-bond acceptors (Lipinski definition) is 5. The molecule has 0 aliphatic heterocycles. The topological polar surface area (TPSA) is 133 Å². The first kappa shape index (κ1) is 13.5. The quantitative estimate of drug-likeness (QED) is 0.244. The lowest BCUT2D eigenvalue weighted by Gasteiger charge is -2.22. The highest BCUT2D eigenvalue weighted by atomic mass is 32.2. The maximum atomic E-state index is 11.7. The largest absolute Gasteiger partial charge is 0.409 e. The van der Waals surface area contributed by atoms with Crippen LogP contribution in [0.25, 0.3) is 0 Å². The van der Waals surface area contributed by atoms with Gasteiger partial charge in [-0.05, 0) is 6.07 Å². The van der Waals surface area contributed by atoms with E-state index in [1.54, 1.807) is 13.8 Å². The van der Waals surface area contributed by atoms with Crippen molar-refractivity contribution in [1.82, 2.24) is 14.9 Å². The molecule has 0 aromatic carbocycles. The highest BCUT2D eigenvalue weighted by molar-refractivity contribution is 7.89. The SMILES string of the molecule is CC(C)(CNS(=O)(=O)c1ccn[nH]1)C(N)=NO. The first-order valence-electron chi connectivity index (χ1n) is 4.76. The van der Waals surface area contributed by atoms with E-state index in [1.165, 1.54) is 12.3 Å². The van der Waals surface area contributed by atoms with Crippen LogP contribution in [0.2, 0.25) is 0 Å². The van der Waals surface area contributed by atoms with Crippen LogP contribution in [0.5, 0.6) is 0 Å². The molecular weight excluding hydrogens is 246 g/mol. The van der Waals surface area contributed by atoms with Crippen molar-refractivity contribution in [3.8, 4) is 0 Å². The second-order valence-electron chi connectivity index (χ2n) is 4.11. The van der Waals surface area contributed by atoms with E-state index in [-0.39, 0.29) is 17.4 Å². The summed E-state index contributed by atoms with van der Waals surface area (Å²) in [7, 11) is -3.65. The predicted molar refractivity (Wildman–Crippen MR) is 61.0 cm³/mol. The molecule has 0 bridgehead atoms. The lowest BCUT2D eigenvalue weighted by molar-refractivity contribution is 0.307. The van der Waals surface area contributed by atoms with Gasteiger partial charge >= 0.3 is 0 Å². The normalized spacial score (nSPS) is 13.9. The molecule has 1 aromatic heterocycles. The number of H-pyrrole nitrogens is 1. The number of oxime groups is 1. The van der Waals surface area contributed by atoms with Crippen molar-refractivity contribution in [2.45, 2.75) is 18.9 Å². The summed E-state index contributed by atoms with van der Waals surface area (Å²) in [5, 5.41) is 17.3. The lowest BCUT2D eigenvalue weighted by atomic mass is 9.93. The molecule has 0 fully saturated rings. The predicted octanol–water partition coefficient (Wildman–Crippen LogP) is -0.539. The molecule has 0 unspecified atom stereocenters. The van der Waals surface area contributed by atoms with E-state index in [9.17, 15) is 8.42 Å². The van der Waals surface area contributed by atoms with Crippen LogP contribution in [0.1, 0.15) is 13.8 Å². The van der Waals surface area contributed by atoms with E-state index in [0.717, 1.165) is 0 Å². The molecule has 0 aliphatic carbocycles. The monoisotopic (exact) mass is 261 g/mol. The molecule has 0 radical (unpaired) electrons. The van der Waals surface area contributed by atoms with Gasteiger partial charge in [-0.3, -0.25) is 5.10 Å². The van der Waals surface area contributed by atoms with Crippen molar-refractivity contribution in [3.63, 3.8) is 0 Å². The van der Waals surface area contributed by atoms with E-state index >= 15 is 0 Å². The van der Waals surface area contributed by atoms with Gasteiger partial charge in [0.1, 0.15) is 5.84 Å². The molecule has 0 amide bonds. The Morgan fingerprint density at radius 1 is 1.71 bits per heavy atom. The molecule has 1 aromatic rings. The summed E-state index contributed by atoms with van der Waals surface area (Å²) in [4.78, 5) is 0. The highest BCUT2D eigenvalue weighted by Gasteiger charge is 2.27. The van der Waals surface area contributed by atoms with Crippen LogP contribution in [-0.4, -0.2) is 36.2 Å². The number of rotatable bonds is 5. The number of nitrogens with two attached hydrogens (primary N) is 1. The molecule has 0 atom stereocenters. The Labute approximate surface area is 98.9 Å². The molecule has 0 saturated carbocycles. The van der Waals surface area contributed by atoms with E-state index in [1.807, 2.05) is 0 Å². The lowest BCUT2D eigenvalue weighted by Crippen LogP contribution is -2.42. The summed E-state index contributed by atoms with van der Waals surface area (Å²) >= 11 is 0. The molecule has 0 saturated heterocycles. The van der Waals surface area contributed by atoms with Crippen LogP contribution in [0.4, 0.5) is 0 Å². The molecule has 8 nitrogen and oxygen atoms in total. The minimum atomic E-state index is -3.65. The van der Waals surface area contributed by atoms with Crippen molar-refractivity contribution >= 4 is 15.9 Å². The molecule has 17 heavy (non-hydrogen) atoms. The Kier molecular flexibility index (Phi) is 3.73. The third-order valence-electron chi connectivity index (χ3n) is 2.27. The van der Waals surface area contributed by atoms with Gasteiger partial charge in [0.15, 0.2) is 5.03 Å². The van der Waals surface area contributed by atoms with Gasteiger partial charge in [0, 0.05) is 12.0 Å². The Hall–Kier alpha value is -1.61. The maximum absolute atomic E-state index is 11.7. The van der Waals surface area contributed by atoms with Crippen LogP contribution in [0.3, 0.4) is 0 Å². The number of hydrogen-bond donors (Lipinski definition) is 4. The van der Waals surface area contributed by atoms with Crippen molar-refractivity contribution in [3.05, 3.63) is 12.3 Å². The average Bonchev–Trinajstić information content (AvgIpc) is 2.79. The fraction of sp³-hybridized carbons (Fsp3) is 0.500. The van der Waals surface area contributed by atoms with Gasteiger partial charge in [0.25, 0.3) is 10.0 Å². The summed E-state index contributed by atoms with van der Waals surface area (Å²) in [6.07, 6.45) is 1.34. The van der Waals surface area contributed by atoms with E-state index in [0.29, 0.717) is 0 Å². The fourth-order valence-electron chi connectivity index (χ4n) is 0.972. The van der Waals surface area contributed by atoms with Crippen LogP contribution in [-0.2, 0) is 10.0 Å². The first-order valence-corrected chi connectivity index (χ1v) is 6.25. The van der Waals surface area contributed by atoms with Gasteiger partial charge in [-0.2, -0.15) is 5.10 Å². The summed E-state index contributed by atoms with van der Waals surface area (Å²) in [5.41, 5.74) is 4.65. The van der Waals surface area contributed by atoms with Gasteiger partial charge in [-0.25, -0.2) is 13.1 Å². The zero-order valence-corrected chi connectivity index (χ0v) is 10.3. The van der Waals surface area contributed by atoms with E-state index in [4.69, 9.17) is 10.9 Å². The van der Waals surface area contributed by atoms with Gasteiger partial charge in [-0.15, -0.1) is 0 Å². The average molecular weight is 261 g/mol. The molecule has 1 rings (SSSR count). The molecule has 96 valence electrons. The second kappa shape index (κ2) is 4.72. The minimum Gasteiger partial charge on any atom is -0.409 e. The Morgan fingerprint density at radius 3 is 2.82 bits per heavy atom. The second-order valence-corrected chi connectivity index (χ2v) is 5.85. The smallest absolute Gasteiger partial charge is 0.257 e. The third-order valence-corrected chi connectivity index (χ3v) is 3.60. The van der Waals surface area contributed by atoms with Crippen molar-refractivity contribution in [2.75, 3.05) is 6.54 Å². The van der Waals surface area contributed by atoms with Crippen LogP contribution in [0.15, 0.2) is 22.4 Å². The Bertz CT molecular complexity index is 491. The minimum absolute atomic E-state index is 0.00421. The molecular formula is C8H15N5O3S. The standard InChI is InChI=1S/C8H15N5O3S/c1-8(2,7(9)13-14)5-11-17(15,16)6-3-4-10-12-6/h3-4,11,14H,5H2,1-2H3,(H2,9,13)(H,10,12). The number of amidine groups is 1. The van der Waals surface area contributed by atoms with Crippen LogP contribution >= 0.6 is 0 Å². The number of aromatic nitrogens is 2.